The fourth-order valence-corrected chi connectivity index (χ4v) is 2.75. The molecule has 0 aliphatic rings. The molecular weight excluding hydrogens is 349 g/mol. The minimum Gasteiger partial charge on any atom is -0.353 e. The second-order valence-corrected chi connectivity index (χ2v) is 7.19. The lowest BCUT2D eigenvalue weighted by Gasteiger charge is -2.18. The fourth-order valence-electron chi connectivity index (χ4n) is 1.50. The van der Waals surface area contributed by atoms with Gasteiger partial charge >= 0.3 is 0 Å². The van der Waals surface area contributed by atoms with Crippen molar-refractivity contribution in [2.75, 3.05) is 27.2 Å². The van der Waals surface area contributed by atoms with E-state index in [1.165, 1.54) is 31.3 Å². The fraction of sp³-hybridized carbons (Fsp3) is 0.462. The van der Waals surface area contributed by atoms with Crippen LogP contribution in [0.25, 0.3) is 0 Å². The van der Waals surface area contributed by atoms with E-state index >= 15 is 0 Å². The number of carbonyl (C=O) groups excluding carboxylic acids is 1. The molecule has 0 saturated carbocycles. The minimum atomic E-state index is -3.70. The number of halogens is 2. The number of sulfonamides is 1. The molecule has 0 bridgehead atoms. The maximum Gasteiger partial charge on any atom is 0.243 e. The summed E-state index contributed by atoms with van der Waals surface area (Å²) in [5, 5.41) is 6.10. The third-order valence-corrected chi connectivity index (χ3v) is 5.06. The number of nitrogens with one attached hydrogen (secondary N) is 2. The predicted molar refractivity (Wildman–Crippen MR) is 90.0 cm³/mol. The molecule has 9 heteroatoms. The topological polar surface area (TPSA) is 78.5 Å². The van der Waals surface area contributed by atoms with Crippen LogP contribution in [-0.2, 0) is 14.8 Å². The highest BCUT2D eigenvalue weighted by atomic mass is 35.5. The van der Waals surface area contributed by atoms with E-state index in [1.54, 1.807) is 7.05 Å². The lowest BCUT2D eigenvalue weighted by molar-refractivity contribution is -0.121. The third kappa shape index (κ3) is 6.10. The van der Waals surface area contributed by atoms with E-state index < -0.39 is 10.0 Å². The van der Waals surface area contributed by atoms with Gasteiger partial charge in [-0.1, -0.05) is 11.6 Å². The van der Waals surface area contributed by atoms with Crippen molar-refractivity contribution in [2.45, 2.75) is 17.9 Å². The number of amides is 1. The number of benzene rings is 1. The summed E-state index contributed by atoms with van der Waals surface area (Å²) >= 11 is 5.73. The van der Waals surface area contributed by atoms with Crippen LogP contribution in [0, 0.1) is 0 Å². The minimum absolute atomic E-state index is 0. The summed E-state index contributed by atoms with van der Waals surface area (Å²) in [5.74, 6) is -0.350. The monoisotopic (exact) mass is 369 g/mol. The van der Waals surface area contributed by atoms with Crippen molar-refractivity contribution >= 4 is 39.9 Å². The first-order valence-corrected chi connectivity index (χ1v) is 8.25. The van der Waals surface area contributed by atoms with E-state index in [0.29, 0.717) is 11.6 Å². The number of likely N-dealkylation sites (N-methyl/N-ethyl adjacent to an activating group) is 2. The van der Waals surface area contributed by atoms with Crippen LogP contribution >= 0.6 is 24.0 Å². The van der Waals surface area contributed by atoms with Crippen LogP contribution in [0.15, 0.2) is 29.2 Å². The molecule has 22 heavy (non-hydrogen) atoms. The molecule has 0 spiro atoms. The molecule has 0 aliphatic heterocycles. The van der Waals surface area contributed by atoms with E-state index in [9.17, 15) is 13.2 Å². The molecule has 1 atom stereocenters. The molecule has 0 aliphatic carbocycles. The third-order valence-electron chi connectivity index (χ3n) is 2.99. The second kappa shape index (κ2) is 9.32. The van der Waals surface area contributed by atoms with Crippen molar-refractivity contribution in [2.24, 2.45) is 0 Å². The molecule has 0 fully saturated rings. The molecule has 1 aromatic carbocycles. The number of hydrogen-bond donors (Lipinski definition) is 2. The Kier molecular flexibility index (Phi) is 8.95. The van der Waals surface area contributed by atoms with Crippen LogP contribution in [0.2, 0.25) is 5.02 Å². The number of hydrogen-bond acceptors (Lipinski definition) is 4. The van der Waals surface area contributed by atoms with Gasteiger partial charge in [-0.05, 0) is 38.2 Å². The van der Waals surface area contributed by atoms with Crippen LogP contribution < -0.4 is 10.6 Å². The van der Waals surface area contributed by atoms with E-state index in [-0.39, 0.29) is 35.8 Å². The van der Waals surface area contributed by atoms with Crippen LogP contribution in [0.5, 0.6) is 0 Å². The lowest BCUT2D eigenvalue weighted by Crippen LogP contribution is -2.42. The number of nitrogens with zero attached hydrogens (tertiary/aromatic N) is 1. The molecule has 0 heterocycles. The largest absolute Gasteiger partial charge is 0.353 e. The van der Waals surface area contributed by atoms with Crippen LogP contribution in [-0.4, -0.2) is 51.9 Å². The van der Waals surface area contributed by atoms with Crippen molar-refractivity contribution in [1.29, 1.82) is 0 Å². The predicted octanol–water partition coefficient (Wildman–Crippen LogP) is 1.11. The number of rotatable bonds is 7. The summed E-state index contributed by atoms with van der Waals surface area (Å²) in [6.07, 6.45) is 0. The normalized spacial score (nSPS) is 12.6. The van der Waals surface area contributed by atoms with Gasteiger partial charge in [-0.3, -0.25) is 4.79 Å². The van der Waals surface area contributed by atoms with Gasteiger partial charge in [0.25, 0.3) is 0 Å². The Balaban J connectivity index is 0.00000441. The molecule has 1 rings (SSSR count). The highest BCUT2D eigenvalue weighted by Crippen LogP contribution is 2.17. The zero-order chi connectivity index (χ0) is 16.0. The lowest BCUT2D eigenvalue weighted by atomic mass is 10.3. The molecule has 6 nitrogen and oxygen atoms in total. The van der Waals surface area contributed by atoms with Gasteiger partial charge in [-0.15, -0.1) is 12.4 Å². The number of carbonyl (C=O) groups is 1. The van der Waals surface area contributed by atoms with Crippen LogP contribution in [0.4, 0.5) is 0 Å². The molecule has 0 saturated heterocycles. The van der Waals surface area contributed by atoms with Crippen molar-refractivity contribution in [3.63, 3.8) is 0 Å². The average Bonchev–Trinajstić information content (AvgIpc) is 2.45. The zero-order valence-corrected chi connectivity index (χ0v) is 15.1. The van der Waals surface area contributed by atoms with Crippen molar-refractivity contribution < 1.29 is 13.2 Å². The Labute approximate surface area is 142 Å². The summed E-state index contributed by atoms with van der Waals surface area (Å²) in [5.41, 5.74) is 0. The average molecular weight is 370 g/mol. The summed E-state index contributed by atoms with van der Waals surface area (Å²) < 4.78 is 25.5. The highest BCUT2D eigenvalue weighted by Gasteiger charge is 2.22. The quantitative estimate of drug-likeness (QED) is 0.754. The first-order valence-electron chi connectivity index (χ1n) is 6.43. The van der Waals surface area contributed by atoms with E-state index in [2.05, 4.69) is 10.6 Å². The van der Waals surface area contributed by atoms with Gasteiger partial charge in [0.05, 0.1) is 11.4 Å². The van der Waals surface area contributed by atoms with Crippen LogP contribution in [0.3, 0.4) is 0 Å². The van der Waals surface area contributed by atoms with Crippen molar-refractivity contribution in [3.8, 4) is 0 Å². The molecule has 0 radical (unpaired) electrons. The summed E-state index contributed by atoms with van der Waals surface area (Å²) in [6.45, 7) is 2.11. The SMILES string of the molecule is CNC(C)CNC(=O)CN(C)S(=O)(=O)c1ccc(Cl)cc1.Cl. The van der Waals surface area contributed by atoms with Crippen LogP contribution in [0.1, 0.15) is 6.92 Å². The first kappa shape index (κ1) is 21.1. The highest BCUT2D eigenvalue weighted by molar-refractivity contribution is 7.89. The van der Waals surface area contributed by atoms with Gasteiger partial charge in [0.1, 0.15) is 0 Å². The molecule has 1 amide bonds. The molecule has 1 unspecified atom stereocenters. The standard InChI is InChI=1S/C13H20ClN3O3S.ClH/c1-10(15-2)8-16-13(18)9-17(3)21(19,20)12-6-4-11(14)5-7-12;/h4-7,10,15H,8-9H2,1-3H3,(H,16,18);1H. The van der Waals surface area contributed by atoms with Gasteiger partial charge < -0.3 is 10.6 Å². The van der Waals surface area contributed by atoms with E-state index in [4.69, 9.17) is 11.6 Å². The summed E-state index contributed by atoms with van der Waals surface area (Å²) in [7, 11) is -0.545. The molecular formula is C13H21Cl2N3O3S. The Morgan fingerprint density at radius 2 is 1.86 bits per heavy atom. The molecule has 0 aromatic heterocycles. The first-order chi connectivity index (χ1) is 9.77. The van der Waals surface area contributed by atoms with Gasteiger partial charge in [-0.25, -0.2) is 8.42 Å². The Hall–Kier alpha value is -0.860. The molecule has 126 valence electrons. The van der Waals surface area contributed by atoms with Gasteiger partial charge in [0.2, 0.25) is 15.9 Å². The maximum absolute atomic E-state index is 12.3. The van der Waals surface area contributed by atoms with Crippen molar-refractivity contribution in [3.05, 3.63) is 29.3 Å². The van der Waals surface area contributed by atoms with E-state index in [1.807, 2.05) is 6.92 Å². The zero-order valence-electron chi connectivity index (χ0n) is 12.7. The van der Waals surface area contributed by atoms with Gasteiger partial charge in [-0.2, -0.15) is 4.31 Å². The Morgan fingerprint density at radius 3 is 2.36 bits per heavy atom. The Bertz CT molecular complexity index is 579. The summed E-state index contributed by atoms with van der Waals surface area (Å²) in [4.78, 5) is 11.8. The second-order valence-electron chi connectivity index (χ2n) is 4.71. The maximum atomic E-state index is 12.3. The van der Waals surface area contributed by atoms with Crippen molar-refractivity contribution in [1.82, 2.24) is 14.9 Å². The van der Waals surface area contributed by atoms with Gasteiger partial charge in [0, 0.05) is 24.7 Å². The molecule has 1 aromatic rings. The summed E-state index contributed by atoms with van der Waals surface area (Å²) in [6, 6.07) is 5.94. The Morgan fingerprint density at radius 1 is 1.32 bits per heavy atom. The smallest absolute Gasteiger partial charge is 0.243 e. The van der Waals surface area contributed by atoms with Gasteiger partial charge in [0.15, 0.2) is 0 Å². The van der Waals surface area contributed by atoms with E-state index in [0.717, 1.165) is 4.31 Å². The molecule has 2 N–H and O–H groups in total.